The van der Waals surface area contributed by atoms with Gasteiger partial charge < -0.3 is 25.0 Å². The van der Waals surface area contributed by atoms with Crippen LogP contribution in [0.3, 0.4) is 0 Å². The van der Waals surface area contributed by atoms with Crippen molar-refractivity contribution in [1.82, 2.24) is 14.9 Å². The third kappa shape index (κ3) is 7.54. The van der Waals surface area contributed by atoms with Crippen LogP contribution in [0.15, 0.2) is 48.5 Å². The van der Waals surface area contributed by atoms with Gasteiger partial charge in [-0.3, -0.25) is 4.79 Å². The standard InChI is InChI=1S/C24H26F3N5O4/c1-4-35-21-9-15(5-6-20(21)33)22-28-13-18(14-29-22)31-23(34)30-17-10-16(24(25,26)27)11-19(12-17)36-8-7-32(2)3/h5,9-14H,4,6-8H2,1-3H3,(H2,30,31,34). The Bertz CT molecular complexity index is 1160. The highest BCUT2D eigenvalue weighted by molar-refractivity contribution is 6.01. The molecule has 1 aliphatic rings. The number of alkyl halides is 3. The number of hydrogen-bond acceptors (Lipinski definition) is 7. The molecule has 0 unspecified atom stereocenters. The number of carbonyl (C=O) groups excluding carboxylic acids is 2. The molecule has 192 valence electrons. The van der Waals surface area contributed by atoms with Crippen LogP contribution in [0.25, 0.3) is 5.57 Å². The quantitative estimate of drug-likeness (QED) is 0.522. The molecule has 12 heteroatoms. The molecule has 0 bridgehead atoms. The average Bonchev–Trinajstić information content (AvgIpc) is 2.80. The summed E-state index contributed by atoms with van der Waals surface area (Å²) >= 11 is 0. The lowest BCUT2D eigenvalue weighted by atomic mass is 10.0. The first-order valence-corrected chi connectivity index (χ1v) is 11.0. The Balaban J connectivity index is 1.68. The highest BCUT2D eigenvalue weighted by atomic mass is 19.4. The predicted octanol–water partition coefficient (Wildman–Crippen LogP) is 4.36. The van der Waals surface area contributed by atoms with Gasteiger partial charge in [-0.05, 0) is 39.2 Å². The van der Waals surface area contributed by atoms with Crippen LogP contribution in [-0.2, 0) is 15.7 Å². The lowest BCUT2D eigenvalue weighted by molar-refractivity contribution is -0.137. The van der Waals surface area contributed by atoms with Crippen molar-refractivity contribution in [2.45, 2.75) is 19.5 Å². The number of Topliss-reactive ketones (excluding diaryl/α,β-unsaturated/α-hetero) is 1. The maximum absolute atomic E-state index is 13.3. The summed E-state index contributed by atoms with van der Waals surface area (Å²) in [6, 6.07) is 2.22. The molecular formula is C24H26F3N5O4. The second kappa shape index (κ2) is 11.7. The first-order chi connectivity index (χ1) is 17.0. The van der Waals surface area contributed by atoms with Gasteiger partial charge in [0.15, 0.2) is 11.6 Å². The number of likely N-dealkylation sites (N-methyl/N-ethyl adjacent to an activating group) is 1. The van der Waals surface area contributed by atoms with Gasteiger partial charge in [0.1, 0.15) is 12.4 Å². The molecule has 0 saturated heterocycles. The third-order valence-electron chi connectivity index (χ3n) is 4.84. The van der Waals surface area contributed by atoms with E-state index in [-0.39, 0.29) is 41.7 Å². The summed E-state index contributed by atoms with van der Waals surface area (Å²) in [6.45, 7) is 2.80. The average molecular weight is 505 g/mol. The van der Waals surface area contributed by atoms with E-state index < -0.39 is 17.8 Å². The number of allylic oxidation sites excluding steroid dienone is 4. The molecule has 0 saturated carbocycles. The monoisotopic (exact) mass is 505 g/mol. The van der Waals surface area contributed by atoms with Gasteiger partial charge in [0.2, 0.25) is 5.78 Å². The van der Waals surface area contributed by atoms with Gasteiger partial charge in [0.05, 0.1) is 30.3 Å². The number of aromatic nitrogens is 2. The molecule has 0 radical (unpaired) electrons. The van der Waals surface area contributed by atoms with Crippen molar-refractivity contribution in [3.05, 3.63) is 59.9 Å². The van der Waals surface area contributed by atoms with Crippen molar-refractivity contribution < 1.29 is 32.2 Å². The number of anilines is 2. The summed E-state index contributed by atoms with van der Waals surface area (Å²) in [5.74, 6) is 0.388. The number of hydrogen-bond donors (Lipinski definition) is 2. The summed E-state index contributed by atoms with van der Waals surface area (Å²) in [5.41, 5.74) is -0.233. The Kier molecular flexibility index (Phi) is 8.64. The fourth-order valence-electron chi connectivity index (χ4n) is 3.12. The first-order valence-electron chi connectivity index (χ1n) is 11.0. The van der Waals surface area contributed by atoms with Crippen molar-refractivity contribution in [3.63, 3.8) is 0 Å². The van der Waals surface area contributed by atoms with E-state index in [4.69, 9.17) is 9.47 Å². The van der Waals surface area contributed by atoms with E-state index in [9.17, 15) is 22.8 Å². The second-order valence-corrected chi connectivity index (χ2v) is 8.00. The number of nitrogens with zero attached hydrogens (tertiary/aromatic N) is 3. The topological polar surface area (TPSA) is 106 Å². The van der Waals surface area contributed by atoms with Crippen molar-refractivity contribution in [2.24, 2.45) is 0 Å². The molecule has 2 N–H and O–H groups in total. The van der Waals surface area contributed by atoms with Crippen LogP contribution in [0, 0.1) is 0 Å². The summed E-state index contributed by atoms with van der Waals surface area (Å²) in [6.07, 6.45) is 1.45. The van der Waals surface area contributed by atoms with E-state index in [0.717, 1.165) is 12.1 Å². The van der Waals surface area contributed by atoms with E-state index in [1.807, 2.05) is 19.0 Å². The van der Waals surface area contributed by atoms with Crippen LogP contribution >= 0.6 is 0 Å². The first kappa shape index (κ1) is 26.7. The highest BCUT2D eigenvalue weighted by Gasteiger charge is 2.31. The van der Waals surface area contributed by atoms with Crippen LogP contribution in [0.1, 0.15) is 24.7 Å². The molecule has 1 heterocycles. The summed E-state index contributed by atoms with van der Waals surface area (Å²) in [5, 5.41) is 4.85. The number of ether oxygens (including phenoxy) is 2. The van der Waals surface area contributed by atoms with Crippen molar-refractivity contribution >= 4 is 28.8 Å². The number of ketones is 1. The number of urea groups is 1. The molecule has 36 heavy (non-hydrogen) atoms. The van der Waals surface area contributed by atoms with Crippen LogP contribution in [0.4, 0.5) is 29.3 Å². The van der Waals surface area contributed by atoms with Crippen molar-refractivity contribution in [1.29, 1.82) is 0 Å². The van der Waals surface area contributed by atoms with Gasteiger partial charge in [-0.15, -0.1) is 0 Å². The Morgan fingerprint density at radius 3 is 2.42 bits per heavy atom. The van der Waals surface area contributed by atoms with E-state index in [1.165, 1.54) is 18.5 Å². The van der Waals surface area contributed by atoms with Gasteiger partial charge in [-0.25, -0.2) is 14.8 Å². The van der Waals surface area contributed by atoms with Gasteiger partial charge in [0.25, 0.3) is 0 Å². The zero-order valence-electron chi connectivity index (χ0n) is 20.0. The Morgan fingerprint density at radius 1 is 1.08 bits per heavy atom. The van der Waals surface area contributed by atoms with Gasteiger partial charge in [-0.1, -0.05) is 6.08 Å². The molecule has 0 aliphatic heterocycles. The molecule has 0 spiro atoms. The summed E-state index contributed by atoms with van der Waals surface area (Å²) in [7, 11) is 3.62. The Hall–Kier alpha value is -3.93. The molecule has 0 fully saturated rings. The molecule has 2 amide bonds. The molecule has 1 aromatic carbocycles. The van der Waals surface area contributed by atoms with Crippen molar-refractivity contribution in [3.8, 4) is 5.75 Å². The SMILES string of the molecule is CCOC1=CC(c2ncc(NC(=O)Nc3cc(OCCN(C)C)cc(C(F)(F)F)c3)cn2)=CCC1=O. The summed E-state index contributed by atoms with van der Waals surface area (Å²) < 4.78 is 50.7. The molecular weight excluding hydrogens is 479 g/mol. The van der Waals surface area contributed by atoms with Gasteiger partial charge in [-0.2, -0.15) is 13.2 Å². The molecule has 9 nitrogen and oxygen atoms in total. The fraction of sp³-hybridized carbons (Fsp3) is 0.333. The molecule has 1 aromatic heterocycles. The third-order valence-corrected chi connectivity index (χ3v) is 4.84. The predicted molar refractivity (Wildman–Crippen MR) is 127 cm³/mol. The fourth-order valence-corrected chi connectivity index (χ4v) is 3.12. The van der Waals surface area contributed by atoms with Crippen LogP contribution in [0.5, 0.6) is 5.75 Å². The van der Waals surface area contributed by atoms with Crippen LogP contribution in [-0.4, -0.2) is 60.5 Å². The maximum Gasteiger partial charge on any atom is 0.416 e. The van der Waals surface area contributed by atoms with Gasteiger partial charge in [0, 0.05) is 30.3 Å². The molecule has 3 rings (SSSR count). The number of amides is 2. The number of nitrogens with one attached hydrogen (secondary N) is 2. The zero-order valence-corrected chi connectivity index (χ0v) is 20.0. The molecule has 1 aliphatic carbocycles. The highest BCUT2D eigenvalue weighted by Crippen LogP contribution is 2.34. The van der Waals surface area contributed by atoms with E-state index in [0.29, 0.717) is 24.5 Å². The van der Waals surface area contributed by atoms with Crippen molar-refractivity contribution in [2.75, 3.05) is 44.5 Å². The molecule has 0 atom stereocenters. The van der Waals surface area contributed by atoms with E-state index in [2.05, 4.69) is 20.6 Å². The Morgan fingerprint density at radius 2 is 1.78 bits per heavy atom. The number of rotatable bonds is 9. The van der Waals surface area contributed by atoms with E-state index in [1.54, 1.807) is 19.1 Å². The largest absolute Gasteiger partial charge is 0.492 e. The second-order valence-electron chi connectivity index (χ2n) is 8.00. The normalized spacial score (nSPS) is 13.7. The zero-order chi connectivity index (χ0) is 26.3. The summed E-state index contributed by atoms with van der Waals surface area (Å²) in [4.78, 5) is 34.5. The number of halogens is 3. The van der Waals surface area contributed by atoms with Crippen LogP contribution in [0.2, 0.25) is 0 Å². The lowest BCUT2D eigenvalue weighted by Crippen LogP contribution is -2.21. The Labute approximate surface area is 206 Å². The van der Waals surface area contributed by atoms with Gasteiger partial charge >= 0.3 is 12.2 Å². The minimum atomic E-state index is -4.62. The molecule has 2 aromatic rings. The number of carbonyl (C=O) groups is 2. The van der Waals surface area contributed by atoms with Crippen LogP contribution < -0.4 is 15.4 Å². The minimum Gasteiger partial charge on any atom is -0.492 e. The number of benzene rings is 1. The van der Waals surface area contributed by atoms with E-state index >= 15 is 0 Å². The minimum absolute atomic E-state index is 0.0200. The lowest BCUT2D eigenvalue weighted by Gasteiger charge is -2.15. The smallest absolute Gasteiger partial charge is 0.416 e. The maximum atomic E-state index is 13.3.